The smallest absolute Gasteiger partial charge is 0.314 e. The third-order valence-electron chi connectivity index (χ3n) is 3.29. The lowest BCUT2D eigenvalue weighted by atomic mass is 10.2. The summed E-state index contributed by atoms with van der Waals surface area (Å²) in [7, 11) is -1.37. The van der Waals surface area contributed by atoms with Crippen molar-refractivity contribution in [1.82, 2.24) is 10.6 Å². The van der Waals surface area contributed by atoms with Crippen molar-refractivity contribution in [1.29, 1.82) is 0 Å². The molecule has 0 saturated heterocycles. The molecule has 132 valence electrons. The van der Waals surface area contributed by atoms with Gasteiger partial charge in [0.25, 0.3) is 0 Å². The van der Waals surface area contributed by atoms with Crippen molar-refractivity contribution in [3.63, 3.8) is 0 Å². The zero-order chi connectivity index (χ0) is 16.6. The second kappa shape index (κ2) is 15.5. The fourth-order valence-electron chi connectivity index (χ4n) is 2.03. The highest BCUT2D eigenvalue weighted by atomic mass is 32.2. The Morgan fingerprint density at radius 1 is 0.682 bits per heavy atom. The highest BCUT2D eigenvalue weighted by Gasteiger charge is 1.99. The van der Waals surface area contributed by atoms with Crippen LogP contribution in [0.4, 0.5) is 4.79 Å². The van der Waals surface area contributed by atoms with E-state index in [2.05, 4.69) is 10.6 Å². The fourth-order valence-corrected chi connectivity index (χ4v) is 3.26. The SMILES string of the molecule is CS(=O)CCCCCCNC(=O)NCCCCCCS(C)=O. The quantitative estimate of drug-likeness (QED) is 0.470. The van der Waals surface area contributed by atoms with E-state index < -0.39 is 21.6 Å². The van der Waals surface area contributed by atoms with Gasteiger partial charge in [0.15, 0.2) is 0 Å². The zero-order valence-electron chi connectivity index (χ0n) is 14.0. The van der Waals surface area contributed by atoms with Gasteiger partial charge in [-0.25, -0.2) is 4.79 Å². The molecule has 0 radical (unpaired) electrons. The second-order valence-corrected chi connectivity index (χ2v) is 8.68. The Balaban J connectivity index is 3.23. The van der Waals surface area contributed by atoms with Crippen molar-refractivity contribution in [2.24, 2.45) is 0 Å². The highest BCUT2D eigenvalue weighted by molar-refractivity contribution is 7.84. The summed E-state index contributed by atoms with van der Waals surface area (Å²) in [5.41, 5.74) is 0. The lowest BCUT2D eigenvalue weighted by molar-refractivity contribution is 0.240. The van der Waals surface area contributed by atoms with E-state index in [4.69, 9.17) is 0 Å². The summed E-state index contributed by atoms with van der Waals surface area (Å²) in [6.07, 6.45) is 11.7. The maximum Gasteiger partial charge on any atom is 0.314 e. The molecule has 0 fully saturated rings. The van der Waals surface area contributed by atoms with Crippen LogP contribution in [0.15, 0.2) is 0 Å². The molecule has 0 rings (SSSR count). The number of rotatable bonds is 14. The van der Waals surface area contributed by atoms with Crippen molar-refractivity contribution >= 4 is 27.6 Å². The van der Waals surface area contributed by atoms with Gasteiger partial charge in [0.2, 0.25) is 0 Å². The molecule has 7 heteroatoms. The predicted molar refractivity (Wildman–Crippen MR) is 96.2 cm³/mol. The second-order valence-electron chi connectivity index (χ2n) is 5.57. The van der Waals surface area contributed by atoms with E-state index in [-0.39, 0.29) is 6.03 Å². The Morgan fingerprint density at radius 3 is 1.41 bits per heavy atom. The van der Waals surface area contributed by atoms with Crippen molar-refractivity contribution in [2.75, 3.05) is 37.1 Å². The molecule has 2 atom stereocenters. The summed E-state index contributed by atoms with van der Waals surface area (Å²) >= 11 is 0. The molecule has 2 amide bonds. The van der Waals surface area contributed by atoms with Gasteiger partial charge in [-0.1, -0.05) is 25.7 Å². The molecule has 0 aliphatic carbocycles. The minimum absolute atomic E-state index is 0.0932. The molecule has 0 aromatic heterocycles. The van der Waals surface area contributed by atoms with Gasteiger partial charge in [0, 0.05) is 58.7 Å². The summed E-state index contributed by atoms with van der Waals surface area (Å²) in [5, 5.41) is 5.70. The average Bonchev–Trinajstić information content (AvgIpc) is 2.44. The van der Waals surface area contributed by atoms with Crippen molar-refractivity contribution < 1.29 is 13.2 Å². The van der Waals surface area contributed by atoms with E-state index in [1.165, 1.54) is 0 Å². The molecule has 0 aliphatic heterocycles. The Labute approximate surface area is 140 Å². The van der Waals surface area contributed by atoms with Gasteiger partial charge in [0.05, 0.1) is 0 Å². The van der Waals surface area contributed by atoms with Gasteiger partial charge in [0.1, 0.15) is 0 Å². The van der Waals surface area contributed by atoms with E-state index >= 15 is 0 Å². The van der Waals surface area contributed by atoms with Gasteiger partial charge < -0.3 is 10.6 Å². The number of hydrogen-bond donors (Lipinski definition) is 2. The highest BCUT2D eigenvalue weighted by Crippen LogP contribution is 2.00. The Kier molecular flexibility index (Phi) is 15.2. The van der Waals surface area contributed by atoms with Crippen LogP contribution in [0.2, 0.25) is 0 Å². The molecule has 0 aromatic carbocycles. The maximum absolute atomic E-state index is 11.5. The van der Waals surface area contributed by atoms with E-state index in [1.807, 2.05) is 0 Å². The first-order chi connectivity index (χ1) is 10.5. The van der Waals surface area contributed by atoms with Gasteiger partial charge in [-0.3, -0.25) is 8.42 Å². The molecule has 0 aliphatic rings. The molecule has 0 bridgehead atoms. The van der Waals surface area contributed by atoms with Crippen LogP contribution in [-0.4, -0.2) is 51.6 Å². The van der Waals surface area contributed by atoms with Crippen molar-refractivity contribution in [3.05, 3.63) is 0 Å². The first-order valence-corrected chi connectivity index (χ1v) is 11.6. The van der Waals surface area contributed by atoms with Crippen LogP contribution >= 0.6 is 0 Å². The largest absolute Gasteiger partial charge is 0.338 e. The molecule has 0 aromatic rings. The molecule has 0 heterocycles. The van der Waals surface area contributed by atoms with Gasteiger partial charge in [-0.05, 0) is 25.7 Å². The number of hydrogen-bond acceptors (Lipinski definition) is 3. The van der Waals surface area contributed by atoms with Gasteiger partial charge >= 0.3 is 6.03 Å². The Morgan fingerprint density at radius 2 is 1.05 bits per heavy atom. The fraction of sp³-hybridized carbons (Fsp3) is 0.933. The monoisotopic (exact) mass is 352 g/mol. The van der Waals surface area contributed by atoms with Crippen LogP contribution in [0.5, 0.6) is 0 Å². The van der Waals surface area contributed by atoms with Gasteiger partial charge in [-0.2, -0.15) is 0 Å². The topological polar surface area (TPSA) is 75.3 Å². The summed E-state index contributed by atoms with van der Waals surface area (Å²) in [6, 6.07) is -0.0932. The van der Waals surface area contributed by atoms with Crippen LogP contribution < -0.4 is 10.6 Å². The first-order valence-electron chi connectivity index (χ1n) is 8.14. The van der Waals surface area contributed by atoms with E-state index in [1.54, 1.807) is 12.5 Å². The maximum atomic E-state index is 11.5. The summed E-state index contributed by atoms with van der Waals surface area (Å²) < 4.78 is 21.7. The molecular weight excluding hydrogens is 320 g/mol. The van der Waals surface area contributed by atoms with Crippen LogP contribution in [0.1, 0.15) is 51.4 Å². The van der Waals surface area contributed by atoms with E-state index in [0.717, 1.165) is 62.9 Å². The summed E-state index contributed by atoms with van der Waals surface area (Å²) in [6.45, 7) is 1.40. The van der Waals surface area contributed by atoms with Crippen LogP contribution in [-0.2, 0) is 21.6 Å². The normalized spacial score (nSPS) is 13.5. The molecule has 0 spiro atoms. The molecule has 2 N–H and O–H groups in total. The van der Waals surface area contributed by atoms with Crippen LogP contribution in [0, 0.1) is 0 Å². The van der Waals surface area contributed by atoms with Crippen molar-refractivity contribution in [2.45, 2.75) is 51.4 Å². The van der Waals surface area contributed by atoms with Crippen LogP contribution in [0.3, 0.4) is 0 Å². The minimum Gasteiger partial charge on any atom is -0.338 e. The van der Waals surface area contributed by atoms with Crippen molar-refractivity contribution in [3.8, 4) is 0 Å². The molecular formula is C15H32N2O3S2. The zero-order valence-corrected chi connectivity index (χ0v) is 15.7. The van der Waals surface area contributed by atoms with Gasteiger partial charge in [-0.15, -0.1) is 0 Å². The lowest BCUT2D eigenvalue weighted by Gasteiger charge is -2.07. The standard InChI is InChI=1S/C15H32N2O3S2/c1-21(19)13-9-5-3-7-11-16-15(18)17-12-8-4-6-10-14-22(2)20/h3-14H2,1-2H3,(H2,16,17,18). The Bertz CT molecular complexity index is 309. The molecule has 2 unspecified atom stereocenters. The van der Waals surface area contributed by atoms with E-state index in [0.29, 0.717) is 13.1 Å². The lowest BCUT2D eigenvalue weighted by Crippen LogP contribution is -2.36. The number of amides is 2. The molecule has 0 saturated carbocycles. The third-order valence-corrected chi connectivity index (χ3v) is 5.02. The summed E-state index contributed by atoms with van der Waals surface area (Å²) in [5.74, 6) is 1.56. The van der Waals surface area contributed by atoms with E-state index in [9.17, 15) is 13.2 Å². The number of carbonyl (C=O) groups excluding carboxylic acids is 1. The summed E-state index contributed by atoms with van der Waals surface area (Å²) in [4.78, 5) is 11.5. The minimum atomic E-state index is -0.685. The average molecular weight is 353 g/mol. The number of urea groups is 1. The molecule has 22 heavy (non-hydrogen) atoms. The predicted octanol–water partition coefficient (Wildman–Crippen LogP) is 2.16. The van der Waals surface area contributed by atoms with Crippen LogP contribution in [0.25, 0.3) is 0 Å². The number of carbonyl (C=O) groups is 1. The molecule has 5 nitrogen and oxygen atoms in total. The number of unbranched alkanes of at least 4 members (excludes halogenated alkanes) is 6. The first kappa shape index (κ1) is 21.6. The number of nitrogens with one attached hydrogen (secondary N) is 2. The third kappa shape index (κ3) is 17.6. The Hall–Kier alpha value is -0.430.